The third-order valence-corrected chi connectivity index (χ3v) is 4.49. The summed E-state index contributed by atoms with van der Waals surface area (Å²) in [6, 6.07) is 5.99. The summed E-state index contributed by atoms with van der Waals surface area (Å²) in [6.07, 6.45) is 0.918. The molecule has 1 amide bonds. The smallest absolute Gasteiger partial charge is 0.225 e. The van der Waals surface area contributed by atoms with Crippen molar-refractivity contribution in [1.29, 1.82) is 0 Å². The van der Waals surface area contributed by atoms with E-state index in [1.165, 1.54) is 0 Å². The minimum atomic E-state index is 0. The van der Waals surface area contributed by atoms with Gasteiger partial charge in [-0.2, -0.15) is 0 Å². The maximum Gasteiger partial charge on any atom is 0.225 e. The third-order valence-electron chi connectivity index (χ3n) is 4.49. The molecule has 152 valence electrons. The molecule has 1 heterocycles. The van der Waals surface area contributed by atoms with E-state index in [9.17, 15) is 4.79 Å². The van der Waals surface area contributed by atoms with Crippen molar-refractivity contribution in [1.82, 2.24) is 15.5 Å². The normalized spacial score (nSPS) is 16.7. The lowest BCUT2D eigenvalue weighted by molar-refractivity contribution is -0.133. The van der Waals surface area contributed by atoms with Gasteiger partial charge in [0.15, 0.2) is 17.5 Å². The molecule has 8 heteroatoms. The molecule has 1 aromatic rings. The first-order chi connectivity index (χ1) is 12.5. The summed E-state index contributed by atoms with van der Waals surface area (Å²) in [6.45, 7) is 5.92. The highest BCUT2D eigenvalue weighted by Crippen LogP contribution is 2.30. The van der Waals surface area contributed by atoms with E-state index >= 15 is 0 Å². The first-order valence-corrected chi connectivity index (χ1v) is 8.96. The molecule has 0 aliphatic carbocycles. The second-order valence-electron chi connectivity index (χ2n) is 6.65. The van der Waals surface area contributed by atoms with Crippen LogP contribution in [0.25, 0.3) is 0 Å². The Morgan fingerprint density at radius 1 is 1.33 bits per heavy atom. The maximum atomic E-state index is 12.1. The van der Waals surface area contributed by atoms with Crippen LogP contribution in [0.5, 0.6) is 11.5 Å². The molecule has 1 atom stereocenters. The Labute approximate surface area is 178 Å². The summed E-state index contributed by atoms with van der Waals surface area (Å²) in [5, 5.41) is 6.70. The largest absolute Gasteiger partial charge is 0.493 e. The number of guanidine groups is 1. The van der Waals surface area contributed by atoms with Gasteiger partial charge in [0.25, 0.3) is 0 Å². The predicted octanol–water partition coefficient (Wildman–Crippen LogP) is 2.24. The maximum absolute atomic E-state index is 12.1. The van der Waals surface area contributed by atoms with E-state index in [1.807, 2.05) is 36.9 Å². The zero-order chi connectivity index (χ0) is 19.1. The molecule has 1 saturated heterocycles. The van der Waals surface area contributed by atoms with Gasteiger partial charge >= 0.3 is 0 Å². The van der Waals surface area contributed by atoms with Crippen LogP contribution < -0.4 is 20.1 Å². The monoisotopic (exact) mass is 490 g/mol. The minimum absolute atomic E-state index is 0. The number of likely N-dealkylation sites (tertiary alicyclic amines) is 1. The summed E-state index contributed by atoms with van der Waals surface area (Å²) in [7, 11) is 5.00. The van der Waals surface area contributed by atoms with E-state index in [0.29, 0.717) is 30.5 Å². The van der Waals surface area contributed by atoms with Crippen LogP contribution in [-0.2, 0) is 11.3 Å². The van der Waals surface area contributed by atoms with E-state index in [2.05, 4.69) is 15.6 Å². The molecular weight excluding hydrogens is 459 g/mol. The Bertz CT molecular complexity index is 652. The van der Waals surface area contributed by atoms with Crippen LogP contribution in [0.1, 0.15) is 25.8 Å². The molecule has 1 unspecified atom stereocenters. The number of amides is 1. The molecular formula is C19H31IN4O3. The molecule has 0 radical (unpaired) electrons. The zero-order valence-electron chi connectivity index (χ0n) is 16.7. The van der Waals surface area contributed by atoms with E-state index in [1.54, 1.807) is 21.3 Å². The van der Waals surface area contributed by atoms with Gasteiger partial charge in [0.2, 0.25) is 5.91 Å². The first kappa shape index (κ1) is 23.3. The number of nitrogens with one attached hydrogen (secondary N) is 2. The fraction of sp³-hybridized carbons (Fsp3) is 0.579. The second-order valence-corrected chi connectivity index (χ2v) is 6.65. The average molecular weight is 490 g/mol. The van der Waals surface area contributed by atoms with Gasteiger partial charge in [-0.15, -0.1) is 24.0 Å². The number of halogens is 1. The number of para-hydroxylation sites is 1. The Morgan fingerprint density at radius 3 is 2.67 bits per heavy atom. The van der Waals surface area contributed by atoms with Crippen molar-refractivity contribution in [3.8, 4) is 11.5 Å². The highest BCUT2D eigenvalue weighted by Gasteiger charge is 2.28. The fourth-order valence-corrected chi connectivity index (χ4v) is 3.10. The van der Waals surface area contributed by atoms with Crippen molar-refractivity contribution >= 4 is 35.8 Å². The van der Waals surface area contributed by atoms with Gasteiger partial charge in [-0.1, -0.05) is 26.0 Å². The Hall–Kier alpha value is -1.71. The SMILES string of the molecule is CN=C(NCc1cccc(OC)c1OC)NC1CCN(C(=O)C(C)C)C1.I. The van der Waals surface area contributed by atoms with Crippen molar-refractivity contribution < 1.29 is 14.3 Å². The van der Waals surface area contributed by atoms with Gasteiger partial charge in [0.1, 0.15) is 0 Å². The predicted molar refractivity (Wildman–Crippen MR) is 118 cm³/mol. The van der Waals surface area contributed by atoms with Gasteiger partial charge in [0.05, 0.1) is 14.2 Å². The van der Waals surface area contributed by atoms with Crippen LogP contribution in [0.4, 0.5) is 0 Å². The van der Waals surface area contributed by atoms with Crippen molar-refractivity contribution in [3.05, 3.63) is 23.8 Å². The lowest BCUT2D eigenvalue weighted by Crippen LogP contribution is -2.45. The van der Waals surface area contributed by atoms with Crippen LogP contribution in [0.3, 0.4) is 0 Å². The van der Waals surface area contributed by atoms with E-state index in [0.717, 1.165) is 18.5 Å². The van der Waals surface area contributed by atoms with Crippen LogP contribution >= 0.6 is 24.0 Å². The molecule has 2 rings (SSSR count). The fourth-order valence-electron chi connectivity index (χ4n) is 3.10. The molecule has 0 saturated carbocycles. The summed E-state index contributed by atoms with van der Waals surface area (Å²) in [5.41, 5.74) is 0.984. The topological polar surface area (TPSA) is 75.2 Å². The van der Waals surface area contributed by atoms with Crippen LogP contribution in [0.2, 0.25) is 0 Å². The molecule has 1 aromatic carbocycles. The van der Waals surface area contributed by atoms with Gasteiger partial charge in [0, 0.05) is 44.2 Å². The van der Waals surface area contributed by atoms with Crippen LogP contribution in [-0.4, -0.2) is 57.2 Å². The van der Waals surface area contributed by atoms with Crippen molar-refractivity contribution in [3.63, 3.8) is 0 Å². The van der Waals surface area contributed by atoms with Crippen LogP contribution in [0, 0.1) is 5.92 Å². The molecule has 1 aliphatic rings. The van der Waals surface area contributed by atoms with Crippen LogP contribution in [0.15, 0.2) is 23.2 Å². The lowest BCUT2D eigenvalue weighted by atomic mass is 10.2. The third kappa shape index (κ3) is 6.15. The lowest BCUT2D eigenvalue weighted by Gasteiger charge is -2.20. The van der Waals surface area contributed by atoms with Gasteiger partial charge in [-0.25, -0.2) is 0 Å². The molecule has 0 bridgehead atoms. The molecule has 1 aliphatic heterocycles. The quantitative estimate of drug-likeness (QED) is 0.364. The molecule has 0 spiro atoms. The number of hydrogen-bond donors (Lipinski definition) is 2. The Morgan fingerprint density at radius 2 is 2.07 bits per heavy atom. The Kier molecular flexibility index (Phi) is 9.68. The van der Waals surface area contributed by atoms with Crippen molar-refractivity contribution in [2.45, 2.75) is 32.9 Å². The Balaban J connectivity index is 0.00000364. The minimum Gasteiger partial charge on any atom is -0.493 e. The van der Waals surface area contributed by atoms with E-state index in [-0.39, 0.29) is 41.8 Å². The summed E-state index contributed by atoms with van der Waals surface area (Å²) in [5.74, 6) is 2.37. The number of benzene rings is 1. The van der Waals surface area contributed by atoms with Crippen molar-refractivity contribution in [2.24, 2.45) is 10.9 Å². The van der Waals surface area contributed by atoms with Crippen molar-refractivity contribution in [2.75, 3.05) is 34.4 Å². The average Bonchev–Trinajstić information content (AvgIpc) is 3.12. The van der Waals surface area contributed by atoms with Gasteiger partial charge in [-0.3, -0.25) is 9.79 Å². The van der Waals surface area contributed by atoms with Gasteiger partial charge < -0.3 is 25.0 Å². The zero-order valence-corrected chi connectivity index (χ0v) is 19.1. The number of nitrogens with zero attached hydrogens (tertiary/aromatic N) is 2. The van der Waals surface area contributed by atoms with E-state index in [4.69, 9.17) is 9.47 Å². The number of methoxy groups -OCH3 is 2. The number of carbonyl (C=O) groups is 1. The summed E-state index contributed by atoms with van der Waals surface area (Å²) >= 11 is 0. The highest BCUT2D eigenvalue weighted by molar-refractivity contribution is 14.0. The number of hydrogen-bond acceptors (Lipinski definition) is 4. The standard InChI is InChI=1S/C19H30N4O3.HI/c1-13(2)18(24)23-10-9-15(12-23)22-19(20-3)21-11-14-7-6-8-16(25-4)17(14)26-5;/h6-8,13,15H,9-12H2,1-5H3,(H2,20,21,22);1H. The number of aliphatic imine (C=N–C) groups is 1. The number of ether oxygens (including phenoxy) is 2. The summed E-state index contributed by atoms with van der Waals surface area (Å²) in [4.78, 5) is 18.3. The molecule has 2 N–H and O–H groups in total. The highest BCUT2D eigenvalue weighted by atomic mass is 127. The van der Waals surface area contributed by atoms with Gasteiger partial charge in [-0.05, 0) is 12.5 Å². The number of rotatable bonds is 6. The second kappa shape index (κ2) is 11.2. The molecule has 7 nitrogen and oxygen atoms in total. The first-order valence-electron chi connectivity index (χ1n) is 8.96. The molecule has 1 fully saturated rings. The molecule has 0 aromatic heterocycles. The summed E-state index contributed by atoms with van der Waals surface area (Å²) < 4.78 is 10.8. The number of carbonyl (C=O) groups excluding carboxylic acids is 1. The molecule has 27 heavy (non-hydrogen) atoms. The van der Waals surface area contributed by atoms with E-state index < -0.39 is 0 Å².